The van der Waals surface area contributed by atoms with Gasteiger partial charge in [-0.3, -0.25) is 9.59 Å². The summed E-state index contributed by atoms with van der Waals surface area (Å²) < 4.78 is 0. The Labute approximate surface area is 135 Å². The molecular formula is C16H21ClN2O3. The van der Waals surface area contributed by atoms with Gasteiger partial charge in [0.15, 0.2) is 0 Å². The van der Waals surface area contributed by atoms with E-state index in [0.717, 1.165) is 18.4 Å². The van der Waals surface area contributed by atoms with Crippen molar-refractivity contribution in [2.75, 3.05) is 13.2 Å². The molecule has 2 N–H and O–H groups in total. The SMILES string of the molecule is CC(=O)NC(CC(=O)N1CCC[C@@H]1CO)c1ccc(Cl)cc1. The topological polar surface area (TPSA) is 69.6 Å². The van der Waals surface area contributed by atoms with E-state index < -0.39 is 0 Å². The van der Waals surface area contributed by atoms with E-state index >= 15 is 0 Å². The lowest BCUT2D eigenvalue weighted by Gasteiger charge is -2.26. The minimum atomic E-state index is -0.387. The average molecular weight is 325 g/mol. The van der Waals surface area contributed by atoms with Gasteiger partial charge >= 0.3 is 0 Å². The Hall–Kier alpha value is -1.59. The number of nitrogens with zero attached hydrogens (tertiary/aromatic N) is 1. The van der Waals surface area contributed by atoms with E-state index in [9.17, 15) is 14.7 Å². The number of aliphatic hydroxyl groups excluding tert-OH is 1. The molecular weight excluding hydrogens is 304 g/mol. The Morgan fingerprint density at radius 1 is 1.41 bits per heavy atom. The maximum absolute atomic E-state index is 12.5. The van der Waals surface area contributed by atoms with Gasteiger partial charge < -0.3 is 15.3 Å². The van der Waals surface area contributed by atoms with Crippen molar-refractivity contribution in [3.63, 3.8) is 0 Å². The lowest BCUT2D eigenvalue weighted by atomic mass is 10.0. The van der Waals surface area contributed by atoms with Crippen molar-refractivity contribution < 1.29 is 14.7 Å². The maximum Gasteiger partial charge on any atom is 0.225 e. The zero-order valence-electron chi connectivity index (χ0n) is 12.6. The van der Waals surface area contributed by atoms with Crippen LogP contribution in [-0.4, -0.2) is 41.0 Å². The Kier molecular flexibility index (Phi) is 5.80. The van der Waals surface area contributed by atoms with Gasteiger partial charge in [-0.25, -0.2) is 0 Å². The first-order chi connectivity index (χ1) is 10.5. The second-order valence-corrected chi connectivity index (χ2v) is 6.01. The summed E-state index contributed by atoms with van der Waals surface area (Å²) in [5, 5.41) is 12.8. The van der Waals surface area contributed by atoms with Gasteiger partial charge in [0.05, 0.1) is 25.1 Å². The molecule has 5 nitrogen and oxygen atoms in total. The molecule has 0 bridgehead atoms. The fourth-order valence-electron chi connectivity index (χ4n) is 2.84. The second kappa shape index (κ2) is 7.61. The first kappa shape index (κ1) is 16.8. The van der Waals surface area contributed by atoms with Crippen LogP contribution in [0, 0.1) is 0 Å². The number of benzene rings is 1. The van der Waals surface area contributed by atoms with E-state index in [1.54, 1.807) is 17.0 Å². The van der Waals surface area contributed by atoms with Crippen molar-refractivity contribution in [2.24, 2.45) is 0 Å². The molecule has 0 spiro atoms. The van der Waals surface area contributed by atoms with Crippen LogP contribution in [0.1, 0.15) is 37.8 Å². The molecule has 6 heteroatoms. The highest BCUT2D eigenvalue weighted by Gasteiger charge is 2.30. The molecule has 0 radical (unpaired) electrons. The lowest BCUT2D eigenvalue weighted by Crippen LogP contribution is -2.40. The summed E-state index contributed by atoms with van der Waals surface area (Å²) in [5.74, 6) is -0.238. The van der Waals surface area contributed by atoms with Crippen LogP contribution in [0.3, 0.4) is 0 Å². The molecule has 2 amide bonds. The van der Waals surface area contributed by atoms with E-state index in [1.807, 2.05) is 12.1 Å². The lowest BCUT2D eigenvalue weighted by molar-refractivity contribution is -0.133. The summed E-state index contributed by atoms with van der Waals surface area (Å²) in [5.41, 5.74) is 0.840. The van der Waals surface area contributed by atoms with Gasteiger partial charge in [0.1, 0.15) is 0 Å². The first-order valence-corrected chi connectivity index (χ1v) is 7.82. The summed E-state index contributed by atoms with van der Waals surface area (Å²) in [6.45, 7) is 2.08. The molecule has 0 aromatic heterocycles. The number of nitrogens with one attached hydrogen (secondary N) is 1. The van der Waals surface area contributed by atoms with Gasteiger partial charge in [0.2, 0.25) is 11.8 Å². The number of hydrogen-bond donors (Lipinski definition) is 2. The van der Waals surface area contributed by atoms with Crippen molar-refractivity contribution >= 4 is 23.4 Å². The summed E-state index contributed by atoms with van der Waals surface area (Å²) >= 11 is 5.88. The van der Waals surface area contributed by atoms with Crippen LogP contribution in [-0.2, 0) is 9.59 Å². The van der Waals surface area contributed by atoms with Crippen molar-refractivity contribution in [2.45, 2.75) is 38.3 Å². The normalized spacial score (nSPS) is 19.0. The van der Waals surface area contributed by atoms with Crippen LogP contribution in [0.25, 0.3) is 0 Å². The van der Waals surface area contributed by atoms with Crippen LogP contribution in [0.15, 0.2) is 24.3 Å². The van der Waals surface area contributed by atoms with Gasteiger partial charge in [-0.15, -0.1) is 0 Å². The van der Waals surface area contributed by atoms with Gasteiger partial charge in [0.25, 0.3) is 0 Å². The molecule has 1 aromatic carbocycles. The number of aliphatic hydroxyl groups is 1. The van der Waals surface area contributed by atoms with Crippen molar-refractivity contribution in [1.82, 2.24) is 10.2 Å². The molecule has 1 saturated heterocycles. The van der Waals surface area contributed by atoms with Crippen LogP contribution in [0.4, 0.5) is 0 Å². The molecule has 1 aliphatic rings. The highest BCUT2D eigenvalue weighted by atomic mass is 35.5. The number of likely N-dealkylation sites (tertiary alicyclic amines) is 1. The Morgan fingerprint density at radius 2 is 2.09 bits per heavy atom. The quantitative estimate of drug-likeness (QED) is 0.869. The van der Waals surface area contributed by atoms with Crippen LogP contribution < -0.4 is 5.32 Å². The number of rotatable bonds is 5. The zero-order chi connectivity index (χ0) is 16.1. The van der Waals surface area contributed by atoms with E-state index in [2.05, 4.69) is 5.32 Å². The van der Waals surface area contributed by atoms with Gasteiger partial charge in [-0.05, 0) is 30.5 Å². The molecule has 0 aliphatic carbocycles. The molecule has 0 saturated carbocycles. The summed E-state index contributed by atoms with van der Waals surface area (Å²) in [6.07, 6.45) is 1.91. The van der Waals surface area contributed by atoms with Crippen molar-refractivity contribution in [3.8, 4) is 0 Å². The van der Waals surface area contributed by atoms with Crippen LogP contribution >= 0.6 is 11.6 Å². The third-order valence-electron chi connectivity index (χ3n) is 3.94. The molecule has 1 heterocycles. The van der Waals surface area contributed by atoms with E-state index in [1.165, 1.54) is 6.92 Å². The molecule has 1 aromatic rings. The number of amides is 2. The number of carbonyl (C=O) groups excluding carboxylic acids is 2. The standard InChI is InChI=1S/C16H21ClN2O3/c1-11(21)18-15(12-4-6-13(17)7-5-12)9-16(22)19-8-2-3-14(19)10-20/h4-7,14-15,20H,2-3,8-10H2,1H3,(H,18,21)/t14-,15?/m1/s1. The molecule has 1 aliphatic heterocycles. The number of hydrogen-bond acceptors (Lipinski definition) is 3. The fourth-order valence-corrected chi connectivity index (χ4v) is 2.96. The minimum absolute atomic E-state index is 0.0164. The Bertz CT molecular complexity index is 533. The smallest absolute Gasteiger partial charge is 0.225 e. The first-order valence-electron chi connectivity index (χ1n) is 7.44. The molecule has 120 valence electrons. The highest BCUT2D eigenvalue weighted by Crippen LogP contribution is 2.24. The largest absolute Gasteiger partial charge is 0.394 e. The third-order valence-corrected chi connectivity index (χ3v) is 4.19. The minimum Gasteiger partial charge on any atom is -0.394 e. The molecule has 1 unspecified atom stereocenters. The predicted octanol–water partition coefficient (Wildman–Crippen LogP) is 1.89. The summed E-state index contributed by atoms with van der Waals surface area (Å²) in [4.78, 5) is 25.6. The van der Waals surface area contributed by atoms with Gasteiger partial charge in [-0.2, -0.15) is 0 Å². The van der Waals surface area contributed by atoms with E-state index in [0.29, 0.717) is 11.6 Å². The van der Waals surface area contributed by atoms with Crippen LogP contribution in [0.5, 0.6) is 0 Å². The van der Waals surface area contributed by atoms with Crippen molar-refractivity contribution in [3.05, 3.63) is 34.9 Å². The fraction of sp³-hybridized carbons (Fsp3) is 0.500. The zero-order valence-corrected chi connectivity index (χ0v) is 13.3. The maximum atomic E-state index is 12.5. The molecule has 1 fully saturated rings. The monoisotopic (exact) mass is 324 g/mol. The molecule has 2 rings (SSSR count). The highest BCUT2D eigenvalue weighted by molar-refractivity contribution is 6.30. The summed E-state index contributed by atoms with van der Waals surface area (Å²) in [7, 11) is 0. The van der Waals surface area contributed by atoms with E-state index in [4.69, 9.17) is 11.6 Å². The van der Waals surface area contributed by atoms with Gasteiger partial charge in [-0.1, -0.05) is 23.7 Å². The molecule has 2 atom stereocenters. The number of halogens is 1. The predicted molar refractivity (Wildman–Crippen MR) is 84.4 cm³/mol. The summed E-state index contributed by atoms with van der Waals surface area (Å²) in [6, 6.07) is 6.61. The Morgan fingerprint density at radius 3 is 2.68 bits per heavy atom. The van der Waals surface area contributed by atoms with Crippen molar-refractivity contribution in [1.29, 1.82) is 0 Å². The van der Waals surface area contributed by atoms with E-state index in [-0.39, 0.29) is 36.9 Å². The van der Waals surface area contributed by atoms with Crippen LogP contribution in [0.2, 0.25) is 5.02 Å². The van der Waals surface area contributed by atoms with Gasteiger partial charge in [0, 0.05) is 18.5 Å². The Balaban J connectivity index is 2.10. The third kappa shape index (κ3) is 4.21. The second-order valence-electron chi connectivity index (χ2n) is 5.57. The molecule has 22 heavy (non-hydrogen) atoms. The average Bonchev–Trinajstić information content (AvgIpc) is 2.95. The number of carbonyl (C=O) groups is 2.